The van der Waals surface area contributed by atoms with Gasteiger partial charge in [-0.3, -0.25) is 4.79 Å². The van der Waals surface area contributed by atoms with Gasteiger partial charge < -0.3 is 19.7 Å². The molecule has 1 aliphatic rings. The summed E-state index contributed by atoms with van der Waals surface area (Å²) in [5.41, 5.74) is 3.49. The van der Waals surface area contributed by atoms with E-state index in [0.717, 1.165) is 35.7 Å². The Balaban J connectivity index is 1.37. The van der Waals surface area contributed by atoms with E-state index in [0.29, 0.717) is 17.2 Å². The second-order valence-electron chi connectivity index (χ2n) is 7.95. The Hall–Kier alpha value is -3.61. The molecular weight excluding hydrogens is 404 g/mol. The zero-order chi connectivity index (χ0) is 22.5. The molecule has 1 atom stereocenters. The van der Waals surface area contributed by atoms with Gasteiger partial charge in [0.25, 0.3) is 5.91 Å². The number of carbonyl (C=O) groups excluding carboxylic acids is 1. The molecule has 4 rings (SSSR count). The Morgan fingerprint density at radius 3 is 2.41 bits per heavy atom. The van der Waals surface area contributed by atoms with Crippen molar-refractivity contribution in [3.05, 3.63) is 60.2 Å². The van der Waals surface area contributed by atoms with E-state index in [2.05, 4.69) is 20.4 Å². The molecule has 166 valence electrons. The first-order valence-electron chi connectivity index (χ1n) is 10.8. The van der Waals surface area contributed by atoms with E-state index in [1.165, 1.54) is 12.8 Å². The zero-order valence-corrected chi connectivity index (χ0v) is 18.7. The van der Waals surface area contributed by atoms with E-state index in [-0.39, 0.29) is 5.91 Å². The molecule has 0 aliphatic carbocycles. The standard InChI is InChI=1S/C25H28N4O3/c1-17-6-12-22(23(16-17)31-3)32-18(2)25(30)26-20-9-7-19(8-10-20)21-11-13-24(28-27-21)29-14-4-5-15-29/h6-13,16,18H,4-5,14-15H2,1-3H3,(H,26,30). The van der Waals surface area contributed by atoms with Gasteiger partial charge in [-0.05, 0) is 68.7 Å². The molecule has 0 radical (unpaired) electrons. The van der Waals surface area contributed by atoms with Gasteiger partial charge in [0.1, 0.15) is 0 Å². The van der Waals surface area contributed by atoms with Gasteiger partial charge in [0, 0.05) is 24.3 Å². The second-order valence-corrected chi connectivity index (χ2v) is 7.95. The molecule has 2 heterocycles. The fourth-order valence-electron chi connectivity index (χ4n) is 3.68. The van der Waals surface area contributed by atoms with Crippen LogP contribution in [-0.2, 0) is 4.79 Å². The predicted octanol–water partition coefficient (Wildman–Crippen LogP) is 4.47. The van der Waals surface area contributed by atoms with Crippen LogP contribution in [0.1, 0.15) is 25.3 Å². The predicted molar refractivity (Wildman–Crippen MR) is 125 cm³/mol. The van der Waals surface area contributed by atoms with Crippen molar-refractivity contribution in [2.24, 2.45) is 0 Å². The average Bonchev–Trinajstić information content (AvgIpc) is 3.36. The number of hydrogen-bond acceptors (Lipinski definition) is 6. The lowest BCUT2D eigenvalue weighted by atomic mass is 10.1. The fourth-order valence-corrected chi connectivity index (χ4v) is 3.68. The summed E-state index contributed by atoms with van der Waals surface area (Å²) in [5, 5.41) is 11.6. The van der Waals surface area contributed by atoms with Gasteiger partial charge in [-0.1, -0.05) is 18.2 Å². The van der Waals surface area contributed by atoms with Crippen molar-refractivity contribution in [2.45, 2.75) is 32.8 Å². The number of rotatable bonds is 7. The molecule has 7 heteroatoms. The lowest BCUT2D eigenvalue weighted by Crippen LogP contribution is -2.30. The maximum atomic E-state index is 12.6. The third-order valence-corrected chi connectivity index (χ3v) is 5.52. The van der Waals surface area contributed by atoms with Crippen LogP contribution in [0.15, 0.2) is 54.6 Å². The minimum atomic E-state index is -0.685. The number of benzene rings is 2. The minimum absolute atomic E-state index is 0.241. The van der Waals surface area contributed by atoms with Crippen LogP contribution in [0, 0.1) is 6.92 Å². The van der Waals surface area contributed by atoms with Gasteiger partial charge in [0.2, 0.25) is 0 Å². The number of carbonyl (C=O) groups is 1. The van der Waals surface area contributed by atoms with Gasteiger partial charge >= 0.3 is 0 Å². The van der Waals surface area contributed by atoms with E-state index >= 15 is 0 Å². The molecule has 2 aromatic carbocycles. The number of nitrogens with one attached hydrogen (secondary N) is 1. The number of aromatic nitrogens is 2. The molecule has 1 fully saturated rings. The summed E-state index contributed by atoms with van der Waals surface area (Å²) in [6, 6.07) is 17.1. The number of anilines is 2. The van der Waals surface area contributed by atoms with Crippen LogP contribution in [0.25, 0.3) is 11.3 Å². The molecule has 1 amide bonds. The maximum Gasteiger partial charge on any atom is 0.265 e. The summed E-state index contributed by atoms with van der Waals surface area (Å²) < 4.78 is 11.2. The molecule has 1 aliphatic heterocycles. The second kappa shape index (κ2) is 9.68. The molecule has 1 N–H and O–H groups in total. The Labute approximate surface area is 188 Å². The van der Waals surface area contributed by atoms with Crippen LogP contribution >= 0.6 is 0 Å². The van der Waals surface area contributed by atoms with E-state index in [1.807, 2.05) is 61.5 Å². The third-order valence-electron chi connectivity index (χ3n) is 5.52. The van der Waals surface area contributed by atoms with Gasteiger partial charge in [-0.25, -0.2) is 0 Å². The molecule has 1 aromatic heterocycles. The van der Waals surface area contributed by atoms with Crippen molar-refractivity contribution in [2.75, 3.05) is 30.4 Å². The highest BCUT2D eigenvalue weighted by Gasteiger charge is 2.18. The minimum Gasteiger partial charge on any atom is -0.493 e. The summed E-state index contributed by atoms with van der Waals surface area (Å²) >= 11 is 0. The lowest BCUT2D eigenvalue weighted by Gasteiger charge is -2.17. The molecule has 0 spiro atoms. The molecule has 1 unspecified atom stereocenters. The SMILES string of the molecule is COc1cc(C)ccc1OC(C)C(=O)Nc1ccc(-c2ccc(N3CCCC3)nn2)cc1. The molecule has 32 heavy (non-hydrogen) atoms. The van der Waals surface area contributed by atoms with E-state index in [9.17, 15) is 4.79 Å². The first-order valence-corrected chi connectivity index (χ1v) is 10.8. The molecule has 0 bridgehead atoms. The Bertz CT molecular complexity index is 1060. The van der Waals surface area contributed by atoms with Gasteiger partial charge in [-0.15, -0.1) is 10.2 Å². The molecule has 0 saturated carbocycles. The van der Waals surface area contributed by atoms with Crippen molar-refractivity contribution < 1.29 is 14.3 Å². The molecule has 7 nitrogen and oxygen atoms in total. The largest absolute Gasteiger partial charge is 0.493 e. The Kier molecular flexibility index (Phi) is 6.54. The Morgan fingerprint density at radius 2 is 1.75 bits per heavy atom. The molecular formula is C25H28N4O3. The third kappa shape index (κ3) is 4.99. The van der Waals surface area contributed by atoms with Crippen LogP contribution in [0.3, 0.4) is 0 Å². The van der Waals surface area contributed by atoms with Crippen LogP contribution in [0.2, 0.25) is 0 Å². The highest BCUT2D eigenvalue weighted by Crippen LogP contribution is 2.29. The van der Waals surface area contributed by atoms with Crippen molar-refractivity contribution >= 4 is 17.4 Å². The lowest BCUT2D eigenvalue weighted by molar-refractivity contribution is -0.122. The van der Waals surface area contributed by atoms with E-state index in [4.69, 9.17) is 9.47 Å². The highest BCUT2D eigenvalue weighted by molar-refractivity contribution is 5.94. The summed E-state index contributed by atoms with van der Waals surface area (Å²) in [6.07, 6.45) is 1.73. The summed E-state index contributed by atoms with van der Waals surface area (Å²) in [4.78, 5) is 14.9. The first-order chi connectivity index (χ1) is 15.5. The van der Waals surface area contributed by atoms with Crippen molar-refractivity contribution in [1.29, 1.82) is 0 Å². The number of hydrogen-bond donors (Lipinski definition) is 1. The van der Waals surface area contributed by atoms with Gasteiger partial charge in [-0.2, -0.15) is 0 Å². The number of aryl methyl sites for hydroxylation is 1. The van der Waals surface area contributed by atoms with Gasteiger partial charge in [0.05, 0.1) is 12.8 Å². The number of ether oxygens (including phenoxy) is 2. The number of nitrogens with zero attached hydrogens (tertiary/aromatic N) is 3. The van der Waals surface area contributed by atoms with Crippen LogP contribution in [-0.4, -0.2) is 42.4 Å². The van der Waals surface area contributed by atoms with Crippen LogP contribution in [0.5, 0.6) is 11.5 Å². The van der Waals surface area contributed by atoms with Crippen LogP contribution in [0.4, 0.5) is 11.5 Å². The van der Waals surface area contributed by atoms with E-state index in [1.54, 1.807) is 14.0 Å². The van der Waals surface area contributed by atoms with Crippen molar-refractivity contribution in [1.82, 2.24) is 10.2 Å². The monoisotopic (exact) mass is 432 g/mol. The number of amides is 1. The maximum absolute atomic E-state index is 12.6. The fraction of sp³-hybridized carbons (Fsp3) is 0.320. The smallest absolute Gasteiger partial charge is 0.265 e. The van der Waals surface area contributed by atoms with Crippen molar-refractivity contribution in [3.63, 3.8) is 0 Å². The summed E-state index contributed by atoms with van der Waals surface area (Å²) in [5.74, 6) is 1.82. The highest BCUT2D eigenvalue weighted by atomic mass is 16.5. The normalized spacial score (nSPS) is 14.2. The first kappa shape index (κ1) is 21.6. The zero-order valence-electron chi connectivity index (χ0n) is 18.7. The van der Waals surface area contributed by atoms with Crippen molar-refractivity contribution in [3.8, 4) is 22.8 Å². The Morgan fingerprint density at radius 1 is 1.00 bits per heavy atom. The topological polar surface area (TPSA) is 76.6 Å². The van der Waals surface area contributed by atoms with E-state index < -0.39 is 6.10 Å². The molecule has 1 saturated heterocycles. The molecule has 3 aromatic rings. The van der Waals surface area contributed by atoms with Crippen LogP contribution < -0.4 is 19.7 Å². The summed E-state index contributed by atoms with van der Waals surface area (Å²) in [6.45, 7) is 5.77. The number of methoxy groups -OCH3 is 1. The average molecular weight is 433 g/mol. The van der Waals surface area contributed by atoms with Gasteiger partial charge in [0.15, 0.2) is 23.4 Å². The summed E-state index contributed by atoms with van der Waals surface area (Å²) in [7, 11) is 1.58. The quantitative estimate of drug-likeness (QED) is 0.594.